The molecule has 2 N–H and O–H groups in total. The standard InChI is InChI=1S/C9H10N2O/c1-10-9-7-8(3-2-6-12)4-5-11-9/h4-5,7,12H,6H2,1H3,(H,10,11). The predicted molar refractivity (Wildman–Crippen MR) is 47.7 cm³/mol. The summed E-state index contributed by atoms with van der Waals surface area (Å²) in [5.74, 6) is 6.13. The lowest BCUT2D eigenvalue weighted by molar-refractivity contribution is 0.350. The molecule has 0 amide bonds. The van der Waals surface area contributed by atoms with Crippen molar-refractivity contribution in [1.82, 2.24) is 4.98 Å². The molecule has 3 nitrogen and oxygen atoms in total. The van der Waals surface area contributed by atoms with Crippen molar-refractivity contribution in [3.05, 3.63) is 23.9 Å². The first-order valence-corrected chi connectivity index (χ1v) is 3.60. The van der Waals surface area contributed by atoms with Crippen LogP contribution in [0.15, 0.2) is 18.3 Å². The normalized spacial score (nSPS) is 8.50. The summed E-state index contributed by atoms with van der Waals surface area (Å²) in [6.45, 7) is -0.114. The number of nitrogens with zero attached hydrogens (tertiary/aromatic N) is 1. The fourth-order valence-electron chi connectivity index (χ4n) is 0.787. The third-order valence-electron chi connectivity index (χ3n) is 1.33. The van der Waals surface area contributed by atoms with E-state index >= 15 is 0 Å². The van der Waals surface area contributed by atoms with Crippen molar-refractivity contribution in [1.29, 1.82) is 0 Å². The Kier molecular flexibility index (Phi) is 3.12. The minimum absolute atomic E-state index is 0.114. The average Bonchev–Trinajstić information content (AvgIpc) is 2.15. The fourth-order valence-corrected chi connectivity index (χ4v) is 0.787. The highest BCUT2D eigenvalue weighted by Gasteiger charge is 1.89. The molecule has 62 valence electrons. The van der Waals surface area contributed by atoms with Gasteiger partial charge in [-0.3, -0.25) is 0 Å². The van der Waals surface area contributed by atoms with E-state index < -0.39 is 0 Å². The maximum Gasteiger partial charge on any atom is 0.126 e. The Morgan fingerprint density at radius 2 is 2.50 bits per heavy atom. The van der Waals surface area contributed by atoms with Crippen LogP contribution in [-0.4, -0.2) is 23.7 Å². The summed E-state index contributed by atoms with van der Waals surface area (Å²) in [5, 5.41) is 11.4. The SMILES string of the molecule is CNc1cc(C#CCO)ccn1. The van der Waals surface area contributed by atoms with Gasteiger partial charge in [0.2, 0.25) is 0 Å². The Bertz CT molecular complexity index is 312. The van der Waals surface area contributed by atoms with Gasteiger partial charge in [0.15, 0.2) is 0 Å². The van der Waals surface area contributed by atoms with Crippen molar-refractivity contribution >= 4 is 5.82 Å². The zero-order chi connectivity index (χ0) is 8.81. The highest BCUT2D eigenvalue weighted by molar-refractivity contribution is 5.43. The summed E-state index contributed by atoms with van der Waals surface area (Å²) in [7, 11) is 1.80. The van der Waals surface area contributed by atoms with Crippen LogP contribution in [0.25, 0.3) is 0 Å². The molecule has 1 aromatic rings. The third-order valence-corrected chi connectivity index (χ3v) is 1.33. The number of pyridine rings is 1. The van der Waals surface area contributed by atoms with Crippen LogP contribution in [0.4, 0.5) is 5.82 Å². The smallest absolute Gasteiger partial charge is 0.126 e. The van der Waals surface area contributed by atoms with E-state index in [0.717, 1.165) is 11.4 Å². The number of aliphatic hydroxyl groups is 1. The molecule has 1 heterocycles. The summed E-state index contributed by atoms with van der Waals surface area (Å²) in [4.78, 5) is 4.02. The molecule has 0 atom stereocenters. The minimum atomic E-state index is -0.114. The van der Waals surface area contributed by atoms with Crippen molar-refractivity contribution in [2.45, 2.75) is 0 Å². The molecule has 0 unspecified atom stereocenters. The van der Waals surface area contributed by atoms with E-state index in [2.05, 4.69) is 22.1 Å². The molecule has 0 fully saturated rings. The Hall–Kier alpha value is -1.53. The lowest BCUT2D eigenvalue weighted by Gasteiger charge is -1.96. The van der Waals surface area contributed by atoms with Crippen LogP contribution in [-0.2, 0) is 0 Å². The molecule has 0 aliphatic carbocycles. The van der Waals surface area contributed by atoms with Crippen LogP contribution >= 0.6 is 0 Å². The highest BCUT2D eigenvalue weighted by atomic mass is 16.2. The first-order valence-electron chi connectivity index (χ1n) is 3.60. The van der Waals surface area contributed by atoms with Gasteiger partial charge in [0, 0.05) is 18.8 Å². The summed E-state index contributed by atoms with van der Waals surface area (Å²) >= 11 is 0. The predicted octanol–water partition coefficient (Wildman–Crippen LogP) is 0.467. The van der Waals surface area contributed by atoms with Crippen molar-refractivity contribution in [3.8, 4) is 11.8 Å². The second-order valence-corrected chi connectivity index (χ2v) is 2.14. The molecule has 0 radical (unpaired) electrons. The molecule has 0 aliphatic heterocycles. The van der Waals surface area contributed by atoms with Crippen LogP contribution in [0.5, 0.6) is 0 Å². The van der Waals surface area contributed by atoms with E-state index in [0.29, 0.717) is 0 Å². The van der Waals surface area contributed by atoms with Crippen LogP contribution in [0.2, 0.25) is 0 Å². The van der Waals surface area contributed by atoms with Gasteiger partial charge in [0.05, 0.1) is 0 Å². The van der Waals surface area contributed by atoms with Gasteiger partial charge in [0.1, 0.15) is 12.4 Å². The van der Waals surface area contributed by atoms with Crippen LogP contribution in [0.1, 0.15) is 5.56 Å². The van der Waals surface area contributed by atoms with E-state index in [1.54, 1.807) is 19.3 Å². The van der Waals surface area contributed by atoms with Gasteiger partial charge < -0.3 is 10.4 Å². The second kappa shape index (κ2) is 4.37. The molecular formula is C9H10N2O. The lowest BCUT2D eigenvalue weighted by Crippen LogP contribution is -1.91. The van der Waals surface area contributed by atoms with Gasteiger partial charge in [0.25, 0.3) is 0 Å². The zero-order valence-electron chi connectivity index (χ0n) is 6.83. The molecule has 0 aliphatic rings. The van der Waals surface area contributed by atoms with E-state index in [1.807, 2.05) is 6.07 Å². The number of hydrogen-bond donors (Lipinski definition) is 2. The summed E-state index contributed by atoms with van der Waals surface area (Å²) < 4.78 is 0. The topological polar surface area (TPSA) is 45.1 Å². The Morgan fingerprint density at radius 1 is 1.67 bits per heavy atom. The molecule has 0 spiro atoms. The van der Waals surface area contributed by atoms with Gasteiger partial charge >= 0.3 is 0 Å². The first-order chi connectivity index (χ1) is 5.86. The van der Waals surface area contributed by atoms with E-state index in [4.69, 9.17) is 5.11 Å². The van der Waals surface area contributed by atoms with Gasteiger partial charge in [-0.25, -0.2) is 4.98 Å². The number of rotatable bonds is 1. The second-order valence-electron chi connectivity index (χ2n) is 2.14. The van der Waals surface area contributed by atoms with Gasteiger partial charge in [-0.2, -0.15) is 0 Å². The molecule has 0 aromatic carbocycles. The summed E-state index contributed by atoms with van der Waals surface area (Å²) in [5.41, 5.74) is 0.850. The fraction of sp³-hybridized carbons (Fsp3) is 0.222. The van der Waals surface area contributed by atoms with Crippen LogP contribution in [0, 0.1) is 11.8 Å². The van der Waals surface area contributed by atoms with Crippen molar-refractivity contribution in [3.63, 3.8) is 0 Å². The number of aromatic nitrogens is 1. The largest absolute Gasteiger partial charge is 0.384 e. The van der Waals surface area contributed by atoms with Gasteiger partial charge in [-0.15, -0.1) is 0 Å². The monoisotopic (exact) mass is 162 g/mol. The molecule has 1 rings (SSSR count). The maximum absolute atomic E-state index is 8.45. The summed E-state index contributed by atoms with van der Waals surface area (Å²) in [6, 6.07) is 3.62. The highest BCUT2D eigenvalue weighted by Crippen LogP contribution is 2.03. The molecular weight excluding hydrogens is 152 g/mol. The molecule has 0 saturated carbocycles. The number of anilines is 1. The molecule has 3 heteroatoms. The lowest BCUT2D eigenvalue weighted by atomic mass is 10.2. The number of nitrogens with one attached hydrogen (secondary N) is 1. The number of aliphatic hydroxyl groups excluding tert-OH is 1. The third kappa shape index (κ3) is 2.26. The van der Waals surface area contributed by atoms with Crippen molar-refractivity contribution in [2.75, 3.05) is 19.0 Å². The van der Waals surface area contributed by atoms with E-state index in [-0.39, 0.29) is 6.61 Å². The molecule has 12 heavy (non-hydrogen) atoms. The first kappa shape index (κ1) is 8.57. The van der Waals surface area contributed by atoms with Crippen molar-refractivity contribution in [2.24, 2.45) is 0 Å². The average molecular weight is 162 g/mol. The summed E-state index contributed by atoms with van der Waals surface area (Å²) in [6.07, 6.45) is 1.67. The Labute approximate surface area is 71.5 Å². The quantitative estimate of drug-likeness (QED) is 0.590. The Balaban J connectivity index is 2.86. The van der Waals surface area contributed by atoms with Crippen molar-refractivity contribution < 1.29 is 5.11 Å². The van der Waals surface area contributed by atoms with E-state index in [1.165, 1.54) is 0 Å². The molecule has 0 saturated heterocycles. The molecule has 0 bridgehead atoms. The zero-order valence-corrected chi connectivity index (χ0v) is 6.83. The van der Waals surface area contributed by atoms with Gasteiger partial charge in [-0.05, 0) is 12.1 Å². The van der Waals surface area contributed by atoms with Gasteiger partial charge in [-0.1, -0.05) is 11.8 Å². The maximum atomic E-state index is 8.45. The Morgan fingerprint density at radius 3 is 3.17 bits per heavy atom. The van der Waals surface area contributed by atoms with E-state index in [9.17, 15) is 0 Å². The molecule has 1 aromatic heterocycles. The van der Waals surface area contributed by atoms with Crippen LogP contribution < -0.4 is 5.32 Å². The number of hydrogen-bond acceptors (Lipinski definition) is 3. The minimum Gasteiger partial charge on any atom is -0.384 e. The van der Waals surface area contributed by atoms with Crippen LogP contribution in [0.3, 0.4) is 0 Å².